The number of methoxy groups -OCH3 is 3. The molecule has 0 saturated carbocycles. The summed E-state index contributed by atoms with van der Waals surface area (Å²) in [5.74, 6) is 0.936. The molecule has 1 saturated heterocycles. The van der Waals surface area contributed by atoms with Crippen molar-refractivity contribution in [3.8, 4) is 17.2 Å². The Morgan fingerprint density at radius 3 is 2.22 bits per heavy atom. The molecule has 1 unspecified atom stereocenters. The average molecular weight is 448 g/mol. The Bertz CT molecular complexity index is 862. The molecule has 0 aromatic heterocycles. The standard InChI is InChI=1S/C23H33N3O6/c1-5-32-22(27)20-16(14-26-10-8-6-7-9-11-26)24-23(28)25-21(20)15-12-18(30-3)19(31-4)13-17(15)29-2/h12-13,21H,5-11,14H2,1-4H3,(H2,24,25,28). The molecule has 1 aromatic rings. The molecule has 3 rings (SSSR count). The van der Waals surface area contributed by atoms with Crippen LogP contribution in [-0.4, -0.2) is 64.5 Å². The number of urea groups is 1. The summed E-state index contributed by atoms with van der Waals surface area (Å²) in [4.78, 5) is 28.0. The molecule has 0 aliphatic carbocycles. The molecule has 1 fully saturated rings. The zero-order chi connectivity index (χ0) is 23.1. The van der Waals surface area contributed by atoms with Crippen LogP contribution in [0.5, 0.6) is 17.2 Å². The number of benzene rings is 1. The fourth-order valence-corrected chi connectivity index (χ4v) is 4.22. The van der Waals surface area contributed by atoms with Gasteiger partial charge in [0.25, 0.3) is 0 Å². The summed E-state index contributed by atoms with van der Waals surface area (Å²) in [5, 5.41) is 5.71. The van der Waals surface area contributed by atoms with E-state index in [4.69, 9.17) is 18.9 Å². The van der Waals surface area contributed by atoms with Crippen molar-refractivity contribution in [3.05, 3.63) is 29.0 Å². The molecule has 1 atom stereocenters. The molecule has 2 aliphatic heterocycles. The minimum absolute atomic E-state index is 0.225. The van der Waals surface area contributed by atoms with E-state index in [9.17, 15) is 9.59 Å². The minimum atomic E-state index is -0.764. The molecule has 9 heteroatoms. The lowest BCUT2D eigenvalue weighted by Gasteiger charge is -2.32. The maximum Gasteiger partial charge on any atom is 0.338 e. The highest BCUT2D eigenvalue weighted by molar-refractivity contribution is 5.95. The molecule has 0 spiro atoms. The first-order chi connectivity index (χ1) is 15.5. The smallest absolute Gasteiger partial charge is 0.338 e. The summed E-state index contributed by atoms with van der Waals surface area (Å²) in [7, 11) is 4.59. The molecule has 0 radical (unpaired) electrons. The number of likely N-dealkylation sites (tertiary alicyclic amines) is 1. The van der Waals surface area contributed by atoms with Gasteiger partial charge in [0, 0.05) is 23.9 Å². The van der Waals surface area contributed by atoms with Crippen LogP contribution in [0.15, 0.2) is 23.4 Å². The number of carbonyl (C=O) groups excluding carboxylic acids is 2. The van der Waals surface area contributed by atoms with Crippen LogP contribution in [0.4, 0.5) is 4.79 Å². The lowest BCUT2D eigenvalue weighted by Crippen LogP contribution is -2.48. The van der Waals surface area contributed by atoms with Gasteiger partial charge in [0.15, 0.2) is 11.5 Å². The Morgan fingerprint density at radius 1 is 1.00 bits per heavy atom. The number of amides is 2. The zero-order valence-electron chi connectivity index (χ0n) is 19.3. The Hall–Kier alpha value is -2.94. The first-order valence-electron chi connectivity index (χ1n) is 11.0. The summed E-state index contributed by atoms with van der Waals surface area (Å²) in [6.45, 7) is 4.30. The summed E-state index contributed by atoms with van der Waals surface area (Å²) in [6, 6.07) is 2.25. The van der Waals surface area contributed by atoms with Crippen LogP contribution in [-0.2, 0) is 9.53 Å². The van der Waals surface area contributed by atoms with Gasteiger partial charge >= 0.3 is 12.0 Å². The minimum Gasteiger partial charge on any atom is -0.496 e. The van der Waals surface area contributed by atoms with E-state index in [0.29, 0.717) is 40.6 Å². The lowest BCUT2D eigenvalue weighted by atomic mass is 9.93. The number of rotatable bonds is 8. The van der Waals surface area contributed by atoms with Gasteiger partial charge in [-0.05, 0) is 38.9 Å². The Kier molecular flexibility index (Phi) is 8.21. The van der Waals surface area contributed by atoms with Crippen LogP contribution < -0.4 is 24.8 Å². The van der Waals surface area contributed by atoms with E-state index >= 15 is 0 Å². The van der Waals surface area contributed by atoms with Crippen LogP contribution in [0.2, 0.25) is 0 Å². The lowest BCUT2D eigenvalue weighted by molar-refractivity contribution is -0.139. The van der Waals surface area contributed by atoms with E-state index in [1.165, 1.54) is 34.2 Å². The summed E-state index contributed by atoms with van der Waals surface area (Å²) in [6.07, 6.45) is 4.58. The van der Waals surface area contributed by atoms with Gasteiger partial charge in [-0.25, -0.2) is 9.59 Å². The van der Waals surface area contributed by atoms with Gasteiger partial charge < -0.3 is 29.6 Å². The van der Waals surface area contributed by atoms with Crippen molar-refractivity contribution < 1.29 is 28.5 Å². The third-order valence-electron chi connectivity index (χ3n) is 5.78. The zero-order valence-corrected chi connectivity index (χ0v) is 19.3. The number of carbonyl (C=O) groups is 2. The number of hydrogen-bond acceptors (Lipinski definition) is 7. The van der Waals surface area contributed by atoms with Crippen molar-refractivity contribution in [2.24, 2.45) is 0 Å². The number of esters is 1. The fraction of sp³-hybridized carbons (Fsp3) is 0.565. The van der Waals surface area contributed by atoms with E-state index in [-0.39, 0.29) is 12.6 Å². The third kappa shape index (κ3) is 5.27. The van der Waals surface area contributed by atoms with Crippen molar-refractivity contribution in [2.45, 2.75) is 38.6 Å². The summed E-state index contributed by atoms with van der Waals surface area (Å²) >= 11 is 0. The SMILES string of the molecule is CCOC(=O)C1=C(CN2CCCCCC2)NC(=O)NC1c1cc(OC)c(OC)cc1OC. The monoisotopic (exact) mass is 447 g/mol. The summed E-state index contributed by atoms with van der Waals surface area (Å²) in [5.41, 5.74) is 1.49. The van der Waals surface area contributed by atoms with E-state index < -0.39 is 12.0 Å². The first kappa shape index (κ1) is 23.7. The van der Waals surface area contributed by atoms with Crippen molar-refractivity contribution in [2.75, 3.05) is 47.6 Å². The number of ether oxygens (including phenoxy) is 4. The molecule has 2 amide bonds. The van der Waals surface area contributed by atoms with E-state index in [1.54, 1.807) is 19.1 Å². The number of nitrogens with one attached hydrogen (secondary N) is 2. The normalized spacial score (nSPS) is 19.5. The molecule has 0 bridgehead atoms. The van der Waals surface area contributed by atoms with E-state index in [2.05, 4.69) is 15.5 Å². The second-order valence-corrected chi connectivity index (χ2v) is 7.78. The highest BCUT2D eigenvalue weighted by Crippen LogP contribution is 2.41. The molecule has 2 heterocycles. The summed E-state index contributed by atoms with van der Waals surface area (Å²) < 4.78 is 21.8. The number of hydrogen-bond donors (Lipinski definition) is 2. The van der Waals surface area contributed by atoms with E-state index in [0.717, 1.165) is 25.9 Å². The van der Waals surface area contributed by atoms with Gasteiger partial charge in [0.2, 0.25) is 0 Å². The quantitative estimate of drug-likeness (QED) is 0.591. The predicted octanol–water partition coefficient (Wildman–Crippen LogP) is 2.76. The topological polar surface area (TPSA) is 98.4 Å². The van der Waals surface area contributed by atoms with Gasteiger partial charge in [0.05, 0.1) is 39.6 Å². The molecule has 176 valence electrons. The predicted molar refractivity (Wildman–Crippen MR) is 119 cm³/mol. The first-order valence-corrected chi connectivity index (χ1v) is 11.0. The van der Waals surface area contributed by atoms with Gasteiger partial charge in [-0.1, -0.05) is 12.8 Å². The van der Waals surface area contributed by atoms with Crippen molar-refractivity contribution in [3.63, 3.8) is 0 Å². The third-order valence-corrected chi connectivity index (χ3v) is 5.78. The Morgan fingerprint density at radius 2 is 1.62 bits per heavy atom. The number of nitrogens with zero attached hydrogens (tertiary/aromatic N) is 1. The maximum absolute atomic E-state index is 13.1. The molecule has 2 N–H and O–H groups in total. The van der Waals surface area contributed by atoms with Crippen molar-refractivity contribution in [1.29, 1.82) is 0 Å². The molecular weight excluding hydrogens is 414 g/mol. The van der Waals surface area contributed by atoms with Crippen LogP contribution in [0.1, 0.15) is 44.2 Å². The fourth-order valence-electron chi connectivity index (χ4n) is 4.22. The molecule has 9 nitrogen and oxygen atoms in total. The molecule has 1 aromatic carbocycles. The Labute approximate surface area is 189 Å². The highest BCUT2D eigenvalue weighted by atomic mass is 16.5. The van der Waals surface area contributed by atoms with Gasteiger partial charge in [-0.3, -0.25) is 4.90 Å². The highest BCUT2D eigenvalue weighted by Gasteiger charge is 2.36. The molecule has 2 aliphatic rings. The van der Waals surface area contributed by atoms with Crippen LogP contribution in [0.25, 0.3) is 0 Å². The van der Waals surface area contributed by atoms with Gasteiger partial charge in [-0.2, -0.15) is 0 Å². The van der Waals surface area contributed by atoms with Gasteiger partial charge in [-0.15, -0.1) is 0 Å². The second-order valence-electron chi connectivity index (χ2n) is 7.78. The van der Waals surface area contributed by atoms with Gasteiger partial charge in [0.1, 0.15) is 5.75 Å². The Balaban J connectivity index is 2.09. The average Bonchev–Trinajstić information content (AvgIpc) is 3.06. The van der Waals surface area contributed by atoms with Crippen molar-refractivity contribution >= 4 is 12.0 Å². The molecular formula is C23H33N3O6. The van der Waals surface area contributed by atoms with Crippen molar-refractivity contribution in [1.82, 2.24) is 15.5 Å². The maximum atomic E-state index is 13.1. The van der Waals surface area contributed by atoms with Crippen LogP contribution in [0.3, 0.4) is 0 Å². The second kappa shape index (κ2) is 11.1. The largest absolute Gasteiger partial charge is 0.496 e. The van der Waals surface area contributed by atoms with E-state index in [1.807, 2.05) is 0 Å². The molecule has 32 heavy (non-hydrogen) atoms. The van der Waals surface area contributed by atoms with Crippen LogP contribution >= 0.6 is 0 Å². The van der Waals surface area contributed by atoms with Crippen LogP contribution in [0, 0.1) is 0 Å².